The van der Waals surface area contributed by atoms with E-state index in [1.165, 1.54) is 11.3 Å². The van der Waals surface area contributed by atoms with Crippen LogP contribution in [0.5, 0.6) is 0 Å². The van der Waals surface area contributed by atoms with E-state index in [-0.39, 0.29) is 5.91 Å². The maximum absolute atomic E-state index is 12.3. The van der Waals surface area contributed by atoms with E-state index in [0.717, 1.165) is 36.0 Å². The predicted molar refractivity (Wildman–Crippen MR) is 80.3 cm³/mol. The van der Waals surface area contributed by atoms with Gasteiger partial charge in [0.05, 0.1) is 29.5 Å². The summed E-state index contributed by atoms with van der Waals surface area (Å²) in [6, 6.07) is 1.81. The molecule has 3 aromatic heterocycles. The van der Waals surface area contributed by atoms with Crippen molar-refractivity contribution >= 4 is 16.9 Å². The Morgan fingerprint density at radius 3 is 3.23 bits per heavy atom. The van der Waals surface area contributed by atoms with Crippen LogP contribution in [0, 0.1) is 0 Å². The fourth-order valence-electron chi connectivity index (χ4n) is 2.95. The number of aryl methyl sites for hydroxylation is 2. The molecule has 7 nitrogen and oxygen atoms in total. The smallest absolute Gasteiger partial charge is 0.253 e. The summed E-state index contributed by atoms with van der Waals surface area (Å²) in [5.74, 6) is -0.148. The van der Waals surface area contributed by atoms with Crippen molar-refractivity contribution in [2.24, 2.45) is 7.05 Å². The van der Waals surface area contributed by atoms with Gasteiger partial charge < -0.3 is 5.32 Å². The Labute approximate surface area is 126 Å². The summed E-state index contributed by atoms with van der Waals surface area (Å²) >= 11 is 0. The van der Waals surface area contributed by atoms with Crippen LogP contribution in [0.1, 0.15) is 33.7 Å². The van der Waals surface area contributed by atoms with Gasteiger partial charge in [0.1, 0.15) is 5.52 Å². The molecule has 1 amide bonds. The largest absolute Gasteiger partial charge is 0.346 e. The first-order chi connectivity index (χ1) is 10.7. The summed E-state index contributed by atoms with van der Waals surface area (Å²) in [5.41, 5.74) is 5.57. The van der Waals surface area contributed by atoms with Crippen LogP contribution >= 0.6 is 0 Å². The molecule has 0 saturated carbocycles. The second-order valence-corrected chi connectivity index (χ2v) is 5.56. The summed E-state index contributed by atoms with van der Waals surface area (Å²) in [7, 11) is 1.83. The number of hydrogen-bond donors (Lipinski definition) is 2. The summed E-state index contributed by atoms with van der Waals surface area (Å²) in [6.07, 6.45) is 6.51. The standard InChI is InChI=1S/C15H16N6O/c1-21-14-5-9(6-16-13(14)8-18-21)15(22)17-7-12-10-3-2-4-11(10)19-20-12/h5-6,8H,2-4,7H2,1H3,(H,17,22)(H,19,20). The van der Waals surface area contributed by atoms with E-state index in [1.807, 2.05) is 7.05 Å². The van der Waals surface area contributed by atoms with Crippen molar-refractivity contribution < 1.29 is 4.79 Å². The Kier molecular flexibility index (Phi) is 2.92. The molecular weight excluding hydrogens is 280 g/mol. The van der Waals surface area contributed by atoms with Gasteiger partial charge in [0, 0.05) is 18.9 Å². The van der Waals surface area contributed by atoms with Crippen molar-refractivity contribution in [3.8, 4) is 0 Å². The Bertz CT molecular complexity index is 862. The zero-order valence-corrected chi connectivity index (χ0v) is 12.3. The van der Waals surface area contributed by atoms with Crippen molar-refractivity contribution in [3.05, 3.63) is 41.0 Å². The minimum absolute atomic E-state index is 0.148. The van der Waals surface area contributed by atoms with Crippen LogP contribution in [0.3, 0.4) is 0 Å². The van der Waals surface area contributed by atoms with Crippen LogP contribution in [-0.2, 0) is 26.4 Å². The van der Waals surface area contributed by atoms with Crippen molar-refractivity contribution in [1.29, 1.82) is 0 Å². The third-order valence-corrected chi connectivity index (χ3v) is 4.17. The van der Waals surface area contributed by atoms with E-state index >= 15 is 0 Å². The molecule has 3 heterocycles. The van der Waals surface area contributed by atoms with Crippen LogP contribution in [0.4, 0.5) is 0 Å². The van der Waals surface area contributed by atoms with Crippen LogP contribution in [0.2, 0.25) is 0 Å². The van der Waals surface area contributed by atoms with Gasteiger partial charge in [0.2, 0.25) is 0 Å². The molecule has 0 aliphatic heterocycles. The minimum atomic E-state index is -0.148. The van der Waals surface area contributed by atoms with Gasteiger partial charge in [-0.05, 0) is 30.9 Å². The number of aromatic nitrogens is 5. The molecule has 22 heavy (non-hydrogen) atoms. The molecule has 0 saturated heterocycles. The Morgan fingerprint density at radius 1 is 1.41 bits per heavy atom. The molecule has 0 fully saturated rings. The first-order valence-corrected chi connectivity index (χ1v) is 7.33. The Morgan fingerprint density at radius 2 is 2.32 bits per heavy atom. The molecule has 3 aromatic rings. The van der Waals surface area contributed by atoms with Gasteiger partial charge in [-0.25, -0.2) is 0 Å². The highest BCUT2D eigenvalue weighted by Gasteiger charge is 2.19. The van der Waals surface area contributed by atoms with Crippen LogP contribution in [0.15, 0.2) is 18.5 Å². The number of carbonyl (C=O) groups is 1. The van der Waals surface area contributed by atoms with Crippen molar-refractivity contribution in [2.45, 2.75) is 25.8 Å². The van der Waals surface area contributed by atoms with E-state index < -0.39 is 0 Å². The van der Waals surface area contributed by atoms with Crippen LogP contribution in [-0.4, -0.2) is 30.9 Å². The van der Waals surface area contributed by atoms with Crippen LogP contribution < -0.4 is 5.32 Å². The van der Waals surface area contributed by atoms with E-state index in [0.29, 0.717) is 12.1 Å². The molecular formula is C15H16N6O. The molecule has 0 radical (unpaired) electrons. The van der Waals surface area contributed by atoms with Crippen molar-refractivity contribution in [1.82, 2.24) is 30.3 Å². The molecule has 0 bridgehead atoms. The highest BCUT2D eigenvalue weighted by atomic mass is 16.1. The molecule has 7 heteroatoms. The highest BCUT2D eigenvalue weighted by Crippen LogP contribution is 2.22. The molecule has 1 aliphatic rings. The predicted octanol–water partition coefficient (Wildman–Crippen LogP) is 1.11. The van der Waals surface area contributed by atoms with Gasteiger partial charge in [0.15, 0.2) is 0 Å². The third-order valence-electron chi connectivity index (χ3n) is 4.17. The topological polar surface area (TPSA) is 88.5 Å². The van der Waals surface area contributed by atoms with Gasteiger partial charge in [-0.15, -0.1) is 0 Å². The normalized spacial score (nSPS) is 13.5. The number of hydrogen-bond acceptors (Lipinski definition) is 4. The minimum Gasteiger partial charge on any atom is -0.346 e. The molecule has 0 aromatic carbocycles. The summed E-state index contributed by atoms with van der Waals surface area (Å²) in [5, 5.41) is 14.4. The first-order valence-electron chi connectivity index (χ1n) is 7.33. The van der Waals surface area contributed by atoms with Crippen LogP contribution in [0.25, 0.3) is 11.0 Å². The average Bonchev–Trinajstić information content (AvgIpc) is 3.21. The maximum atomic E-state index is 12.3. The van der Waals surface area contributed by atoms with Gasteiger partial charge in [-0.2, -0.15) is 10.2 Å². The number of pyridine rings is 1. The van der Waals surface area contributed by atoms with E-state index in [4.69, 9.17) is 0 Å². The molecule has 1 aliphatic carbocycles. The lowest BCUT2D eigenvalue weighted by molar-refractivity contribution is 0.0950. The van der Waals surface area contributed by atoms with E-state index in [2.05, 4.69) is 25.6 Å². The van der Waals surface area contributed by atoms with Gasteiger partial charge in [-0.3, -0.25) is 19.6 Å². The molecule has 0 atom stereocenters. The van der Waals surface area contributed by atoms with Gasteiger partial charge >= 0.3 is 0 Å². The molecule has 112 valence electrons. The quantitative estimate of drug-likeness (QED) is 0.758. The molecule has 4 rings (SSSR count). The number of amides is 1. The summed E-state index contributed by atoms with van der Waals surface area (Å²) < 4.78 is 1.71. The lowest BCUT2D eigenvalue weighted by Gasteiger charge is -2.05. The average molecular weight is 296 g/mol. The van der Waals surface area contributed by atoms with Gasteiger partial charge in [0.25, 0.3) is 5.91 Å². The lowest BCUT2D eigenvalue weighted by atomic mass is 10.2. The van der Waals surface area contributed by atoms with Gasteiger partial charge in [-0.1, -0.05) is 0 Å². The number of carbonyl (C=O) groups excluding carboxylic acids is 1. The zero-order chi connectivity index (χ0) is 15.1. The SMILES string of the molecule is Cn1ncc2ncc(C(=O)NCc3n[nH]c4c3CCC4)cc21. The maximum Gasteiger partial charge on any atom is 0.253 e. The summed E-state index contributed by atoms with van der Waals surface area (Å²) in [6.45, 7) is 0.439. The molecule has 2 N–H and O–H groups in total. The number of H-pyrrole nitrogens is 1. The summed E-state index contributed by atoms with van der Waals surface area (Å²) in [4.78, 5) is 16.6. The number of nitrogens with zero attached hydrogens (tertiary/aromatic N) is 4. The fourth-order valence-corrected chi connectivity index (χ4v) is 2.95. The number of aromatic amines is 1. The number of rotatable bonds is 3. The Hall–Kier alpha value is -2.70. The van der Waals surface area contributed by atoms with Crippen molar-refractivity contribution in [2.75, 3.05) is 0 Å². The monoisotopic (exact) mass is 296 g/mol. The number of nitrogens with one attached hydrogen (secondary N) is 2. The molecule has 0 spiro atoms. The first kappa shape index (κ1) is 13.0. The lowest BCUT2D eigenvalue weighted by Crippen LogP contribution is -2.23. The highest BCUT2D eigenvalue weighted by molar-refractivity contribution is 5.96. The zero-order valence-electron chi connectivity index (χ0n) is 12.3. The second-order valence-electron chi connectivity index (χ2n) is 5.56. The molecule has 0 unspecified atom stereocenters. The van der Waals surface area contributed by atoms with E-state index in [9.17, 15) is 4.79 Å². The second kappa shape index (κ2) is 4.94. The fraction of sp³-hybridized carbons (Fsp3) is 0.333. The number of fused-ring (bicyclic) bond motifs is 2. The third kappa shape index (κ3) is 2.05. The van der Waals surface area contributed by atoms with Crippen molar-refractivity contribution in [3.63, 3.8) is 0 Å². The van der Waals surface area contributed by atoms with E-state index in [1.54, 1.807) is 23.1 Å². The Balaban J connectivity index is 1.52.